The zero-order chi connectivity index (χ0) is 27.6. The molecule has 1 aliphatic carbocycles. The van der Waals surface area contributed by atoms with Crippen molar-refractivity contribution < 1.29 is 23.8 Å². The van der Waals surface area contributed by atoms with Gasteiger partial charge in [-0.15, -0.1) is 10.2 Å². The molecule has 0 fully saturated rings. The summed E-state index contributed by atoms with van der Waals surface area (Å²) in [6, 6.07) is 7.54. The number of Topliss-reactive ketones (excluding diaryl/α,β-unsaturated/α-hetero) is 1. The number of carbonyl (C=O) groups is 2. The molecule has 0 amide bonds. The van der Waals surface area contributed by atoms with Gasteiger partial charge in [-0.25, -0.2) is 0 Å². The number of hydrogen-bond acceptors (Lipinski definition) is 12. The lowest BCUT2D eigenvalue weighted by Crippen LogP contribution is -2.42. The highest BCUT2D eigenvalue weighted by molar-refractivity contribution is 8.01. The van der Waals surface area contributed by atoms with Gasteiger partial charge >= 0.3 is 5.97 Å². The van der Waals surface area contributed by atoms with Crippen LogP contribution in [0, 0.1) is 16.7 Å². The Bertz CT molecular complexity index is 1370. The van der Waals surface area contributed by atoms with Crippen LogP contribution in [0.5, 0.6) is 11.5 Å². The van der Waals surface area contributed by atoms with Gasteiger partial charge in [0.25, 0.3) is 0 Å². The first kappa shape index (κ1) is 27.5. The number of methoxy groups -OCH3 is 2. The zero-order valence-corrected chi connectivity index (χ0v) is 23.5. The van der Waals surface area contributed by atoms with E-state index in [1.807, 2.05) is 13.8 Å². The second-order valence-corrected chi connectivity index (χ2v) is 11.7. The second-order valence-electron chi connectivity index (χ2n) is 9.53. The third-order valence-electron chi connectivity index (χ3n) is 6.34. The van der Waals surface area contributed by atoms with Crippen LogP contribution in [0.15, 0.2) is 45.2 Å². The smallest absolute Gasteiger partial charge is 0.316 e. The number of thioether (sulfide) groups is 1. The van der Waals surface area contributed by atoms with Crippen molar-refractivity contribution in [2.45, 2.75) is 43.9 Å². The third-order valence-corrected chi connectivity index (χ3v) is 8.35. The number of rotatable bonds is 8. The topological polar surface area (TPSA) is 141 Å². The van der Waals surface area contributed by atoms with Crippen molar-refractivity contribution in [3.8, 4) is 17.6 Å². The van der Waals surface area contributed by atoms with Crippen molar-refractivity contribution in [1.82, 2.24) is 10.2 Å². The Kier molecular flexibility index (Phi) is 7.99. The van der Waals surface area contributed by atoms with Crippen LogP contribution >= 0.6 is 23.1 Å². The number of nitrogens with zero attached hydrogens (tertiary/aromatic N) is 4. The van der Waals surface area contributed by atoms with Gasteiger partial charge in [0.15, 0.2) is 10.1 Å². The minimum absolute atomic E-state index is 0.0641. The fourth-order valence-electron chi connectivity index (χ4n) is 4.77. The van der Waals surface area contributed by atoms with E-state index in [2.05, 4.69) is 16.3 Å². The van der Waals surface area contributed by atoms with Crippen LogP contribution in [0.25, 0.3) is 0 Å². The molecule has 0 saturated carbocycles. The van der Waals surface area contributed by atoms with Gasteiger partial charge in [-0.05, 0) is 24.8 Å². The molecular formula is C26H29N5O5S2. The lowest BCUT2D eigenvalue weighted by molar-refractivity contribution is -0.139. The molecule has 0 radical (unpaired) electrons. The van der Waals surface area contributed by atoms with Crippen LogP contribution in [-0.4, -0.2) is 48.5 Å². The highest BCUT2D eigenvalue weighted by Gasteiger charge is 2.46. The number of esters is 1. The third kappa shape index (κ3) is 5.21. The fraction of sp³-hybridized carbons (Fsp3) is 0.423. The highest BCUT2D eigenvalue weighted by Crippen LogP contribution is 2.52. The number of ketones is 1. The molecule has 1 atom stereocenters. The van der Waals surface area contributed by atoms with Crippen molar-refractivity contribution in [2.24, 2.45) is 11.1 Å². The lowest BCUT2D eigenvalue weighted by Gasteiger charge is -2.42. The van der Waals surface area contributed by atoms with E-state index in [1.54, 1.807) is 37.1 Å². The van der Waals surface area contributed by atoms with E-state index in [-0.39, 0.29) is 34.3 Å². The maximum Gasteiger partial charge on any atom is 0.316 e. The molecule has 1 aromatic heterocycles. The largest absolute Gasteiger partial charge is 0.497 e. The number of hydrogen-bond donors (Lipinski definition) is 1. The molecule has 1 unspecified atom stereocenters. The molecule has 4 rings (SSSR count). The fourth-order valence-corrected chi connectivity index (χ4v) is 6.45. The first-order chi connectivity index (χ1) is 18.1. The van der Waals surface area contributed by atoms with Crippen molar-refractivity contribution in [1.29, 1.82) is 5.26 Å². The van der Waals surface area contributed by atoms with E-state index in [0.29, 0.717) is 57.3 Å². The van der Waals surface area contributed by atoms with Crippen molar-refractivity contribution in [3.05, 3.63) is 46.4 Å². The highest BCUT2D eigenvalue weighted by atomic mass is 32.2. The van der Waals surface area contributed by atoms with Gasteiger partial charge in [0, 0.05) is 29.3 Å². The number of allylic oxidation sites excluding steroid dienone is 3. The first-order valence-electron chi connectivity index (χ1n) is 11.9. The van der Waals surface area contributed by atoms with Gasteiger partial charge in [0.2, 0.25) is 5.13 Å². The summed E-state index contributed by atoms with van der Waals surface area (Å²) in [7, 11) is 3.09. The molecule has 2 aliphatic rings. The Balaban J connectivity index is 1.85. The van der Waals surface area contributed by atoms with Gasteiger partial charge in [-0.1, -0.05) is 43.0 Å². The van der Waals surface area contributed by atoms with E-state index >= 15 is 0 Å². The van der Waals surface area contributed by atoms with E-state index < -0.39 is 5.92 Å². The Hall–Kier alpha value is -3.56. The first-order valence-corrected chi connectivity index (χ1v) is 13.7. The number of nitrogens with two attached hydrogens (primary N) is 1. The summed E-state index contributed by atoms with van der Waals surface area (Å²) >= 11 is 2.44. The van der Waals surface area contributed by atoms with Crippen LogP contribution in [0.3, 0.4) is 0 Å². The van der Waals surface area contributed by atoms with E-state index in [0.717, 1.165) is 0 Å². The number of nitriles is 1. The molecule has 0 saturated heterocycles. The molecule has 1 aromatic carbocycles. The van der Waals surface area contributed by atoms with E-state index in [4.69, 9.17) is 19.9 Å². The van der Waals surface area contributed by atoms with Gasteiger partial charge in [0.05, 0.1) is 44.1 Å². The second kappa shape index (κ2) is 11.0. The van der Waals surface area contributed by atoms with Crippen molar-refractivity contribution in [3.63, 3.8) is 0 Å². The zero-order valence-electron chi connectivity index (χ0n) is 21.9. The van der Waals surface area contributed by atoms with Crippen LogP contribution < -0.4 is 20.1 Å². The Labute approximate surface area is 229 Å². The molecule has 38 heavy (non-hydrogen) atoms. The maximum absolute atomic E-state index is 13.7. The number of benzene rings is 1. The van der Waals surface area contributed by atoms with Crippen molar-refractivity contribution >= 4 is 40.0 Å². The molecule has 200 valence electrons. The number of anilines is 1. The Morgan fingerprint density at radius 1 is 1.29 bits per heavy atom. The Morgan fingerprint density at radius 3 is 2.71 bits per heavy atom. The van der Waals surface area contributed by atoms with Crippen LogP contribution in [0.4, 0.5) is 5.13 Å². The minimum Gasteiger partial charge on any atom is -0.497 e. The summed E-state index contributed by atoms with van der Waals surface area (Å²) in [5.74, 6) is 0.228. The summed E-state index contributed by atoms with van der Waals surface area (Å²) in [6.07, 6.45) is 0.858. The number of aromatic nitrogens is 2. The normalized spacial score (nSPS) is 18.7. The molecule has 0 spiro atoms. The standard InChI is InChI=1S/C26H29N5O5S2/c1-6-36-20(33)13-37-25-30-29-24(38-25)31-17-10-26(2,3)11-18(32)22(17)21(16(12-27)23(31)28)15-8-7-14(34-4)9-19(15)35-5/h7-9,21H,6,10-11,13,28H2,1-5H3. The average Bonchev–Trinajstić information content (AvgIpc) is 3.34. The average molecular weight is 556 g/mol. The number of ether oxygens (including phenoxy) is 3. The SMILES string of the molecule is CCOC(=O)CSc1nnc(N2C(N)=C(C#N)C(c3ccc(OC)cc3OC)C3=C2CC(C)(C)CC3=O)s1. The van der Waals surface area contributed by atoms with Crippen LogP contribution in [-0.2, 0) is 14.3 Å². The maximum atomic E-state index is 13.7. The lowest BCUT2D eigenvalue weighted by atomic mass is 9.68. The summed E-state index contributed by atoms with van der Waals surface area (Å²) in [6.45, 7) is 6.09. The van der Waals surface area contributed by atoms with Crippen LogP contribution in [0.2, 0.25) is 0 Å². The molecule has 0 bridgehead atoms. The quantitative estimate of drug-likeness (QED) is 0.371. The van der Waals surface area contributed by atoms with Gasteiger partial charge in [0.1, 0.15) is 17.3 Å². The minimum atomic E-state index is -0.707. The van der Waals surface area contributed by atoms with Gasteiger partial charge in [-0.3, -0.25) is 14.5 Å². The number of carbonyl (C=O) groups excluding carboxylic acids is 2. The van der Waals surface area contributed by atoms with E-state index in [9.17, 15) is 14.9 Å². The monoisotopic (exact) mass is 555 g/mol. The molecule has 2 heterocycles. The molecule has 2 aromatic rings. The summed E-state index contributed by atoms with van der Waals surface area (Å²) in [5, 5.41) is 19.2. The predicted molar refractivity (Wildman–Crippen MR) is 144 cm³/mol. The summed E-state index contributed by atoms with van der Waals surface area (Å²) in [5.41, 5.74) is 8.40. The van der Waals surface area contributed by atoms with Crippen molar-refractivity contribution in [2.75, 3.05) is 31.5 Å². The van der Waals surface area contributed by atoms with Crippen LogP contribution in [0.1, 0.15) is 45.1 Å². The molecule has 1 aliphatic heterocycles. The summed E-state index contributed by atoms with van der Waals surface area (Å²) in [4.78, 5) is 27.2. The van der Waals surface area contributed by atoms with Gasteiger partial charge in [-0.2, -0.15) is 5.26 Å². The molecule has 2 N–H and O–H groups in total. The summed E-state index contributed by atoms with van der Waals surface area (Å²) < 4.78 is 16.5. The van der Waals surface area contributed by atoms with E-state index in [1.165, 1.54) is 30.2 Å². The van der Waals surface area contributed by atoms with Gasteiger partial charge < -0.3 is 19.9 Å². The molecular weight excluding hydrogens is 526 g/mol. The Morgan fingerprint density at radius 2 is 2.05 bits per heavy atom. The molecule has 12 heteroatoms. The predicted octanol–water partition coefficient (Wildman–Crippen LogP) is 4.15. The molecule has 10 nitrogen and oxygen atoms in total.